The fourth-order valence-corrected chi connectivity index (χ4v) is 4.13. The van der Waals surface area contributed by atoms with E-state index < -0.39 is 14.8 Å². The van der Waals surface area contributed by atoms with Crippen molar-refractivity contribution in [2.45, 2.75) is 25.4 Å². The van der Waals surface area contributed by atoms with Gasteiger partial charge in [0, 0.05) is 33.9 Å². The molecule has 2 amide bonds. The van der Waals surface area contributed by atoms with E-state index in [2.05, 4.69) is 0 Å². The number of nitrogens with two attached hydrogens (primary N) is 1. The summed E-state index contributed by atoms with van der Waals surface area (Å²) >= 11 is 0. The number of hydrogen-bond donors (Lipinski definition) is 1. The van der Waals surface area contributed by atoms with Crippen molar-refractivity contribution in [1.29, 1.82) is 0 Å². The number of carbonyl (C=O) groups excluding carboxylic acids is 1. The molecule has 7 heteroatoms. The summed E-state index contributed by atoms with van der Waals surface area (Å²) in [6.07, 6.45) is 0.696. The predicted molar refractivity (Wildman–Crippen MR) is 87.4 cm³/mol. The molecular formula is C15H26N2O4Si. The Hall–Kier alpha value is -1.41. The van der Waals surface area contributed by atoms with Crippen molar-refractivity contribution in [2.75, 3.05) is 27.9 Å². The fourth-order valence-electron chi connectivity index (χ4n) is 2.43. The van der Waals surface area contributed by atoms with E-state index in [9.17, 15) is 4.79 Å². The molecule has 1 aromatic carbocycles. The first kappa shape index (κ1) is 18.6. The summed E-state index contributed by atoms with van der Waals surface area (Å²) in [6, 6.07) is 9.92. The largest absolute Gasteiger partial charge is 0.500 e. The zero-order chi connectivity index (χ0) is 16.6. The van der Waals surface area contributed by atoms with Crippen molar-refractivity contribution in [1.82, 2.24) is 4.90 Å². The Bertz CT molecular complexity index is 446. The topological polar surface area (TPSA) is 74.0 Å². The molecule has 0 aliphatic rings. The van der Waals surface area contributed by atoms with Gasteiger partial charge in [-0.25, -0.2) is 4.79 Å². The third kappa shape index (κ3) is 4.81. The lowest BCUT2D eigenvalue weighted by Gasteiger charge is -2.30. The van der Waals surface area contributed by atoms with E-state index >= 15 is 0 Å². The first-order valence-corrected chi connectivity index (χ1v) is 9.19. The average molecular weight is 326 g/mol. The normalized spacial score (nSPS) is 12.9. The van der Waals surface area contributed by atoms with Crippen LogP contribution < -0.4 is 5.73 Å². The van der Waals surface area contributed by atoms with E-state index in [1.807, 2.05) is 37.3 Å². The molecule has 0 spiro atoms. The number of rotatable bonds is 9. The molecule has 22 heavy (non-hydrogen) atoms. The van der Waals surface area contributed by atoms with E-state index in [-0.39, 0.29) is 6.04 Å². The highest BCUT2D eigenvalue weighted by Crippen LogP contribution is 2.22. The van der Waals surface area contributed by atoms with Gasteiger partial charge in [0.15, 0.2) is 0 Å². The molecule has 2 N–H and O–H groups in total. The zero-order valence-corrected chi connectivity index (χ0v) is 14.7. The maximum Gasteiger partial charge on any atom is 0.500 e. The van der Waals surface area contributed by atoms with Crippen LogP contribution in [0.1, 0.15) is 24.9 Å². The van der Waals surface area contributed by atoms with Gasteiger partial charge in [0.05, 0.1) is 6.04 Å². The van der Waals surface area contributed by atoms with Crippen LogP contribution in [0.15, 0.2) is 30.3 Å². The van der Waals surface area contributed by atoms with Crippen molar-refractivity contribution in [3.63, 3.8) is 0 Å². The minimum atomic E-state index is -2.61. The smallest absolute Gasteiger partial charge is 0.377 e. The van der Waals surface area contributed by atoms with Crippen LogP contribution in [0.5, 0.6) is 0 Å². The van der Waals surface area contributed by atoms with E-state index in [1.165, 1.54) is 0 Å². The highest BCUT2D eigenvalue weighted by molar-refractivity contribution is 6.60. The van der Waals surface area contributed by atoms with Gasteiger partial charge in [-0.1, -0.05) is 30.3 Å². The highest BCUT2D eigenvalue weighted by atomic mass is 28.4. The van der Waals surface area contributed by atoms with Gasteiger partial charge in [0.25, 0.3) is 0 Å². The van der Waals surface area contributed by atoms with Crippen LogP contribution >= 0.6 is 0 Å². The van der Waals surface area contributed by atoms with Crippen LogP contribution in [-0.2, 0) is 13.3 Å². The van der Waals surface area contributed by atoms with Crippen LogP contribution in [0.2, 0.25) is 6.04 Å². The number of carbonyl (C=O) groups is 1. The molecule has 1 atom stereocenters. The van der Waals surface area contributed by atoms with Crippen molar-refractivity contribution >= 4 is 14.8 Å². The molecule has 6 nitrogen and oxygen atoms in total. The molecule has 0 fully saturated rings. The summed E-state index contributed by atoms with van der Waals surface area (Å²) in [7, 11) is 2.13. The monoisotopic (exact) mass is 326 g/mol. The minimum absolute atomic E-state index is 0.0811. The number of nitrogens with zero attached hydrogens (tertiary/aromatic N) is 1. The van der Waals surface area contributed by atoms with E-state index in [4.69, 9.17) is 19.0 Å². The van der Waals surface area contributed by atoms with Crippen molar-refractivity contribution in [3.8, 4) is 0 Å². The number of urea groups is 1. The van der Waals surface area contributed by atoms with Crippen molar-refractivity contribution in [2.24, 2.45) is 5.73 Å². The molecular weight excluding hydrogens is 300 g/mol. The molecule has 0 aliphatic heterocycles. The first-order valence-electron chi connectivity index (χ1n) is 7.26. The Morgan fingerprint density at radius 1 is 1.18 bits per heavy atom. The van der Waals surface area contributed by atoms with Gasteiger partial charge < -0.3 is 23.9 Å². The number of primary amides is 1. The van der Waals surface area contributed by atoms with Gasteiger partial charge in [-0.2, -0.15) is 0 Å². The van der Waals surface area contributed by atoms with E-state index in [1.54, 1.807) is 26.2 Å². The number of benzene rings is 1. The quantitative estimate of drug-likeness (QED) is 0.707. The van der Waals surface area contributed by atoms with Crippen LogP contribution in [0.3, 0.4) is 0 Å². The second-order valence-electron chi connectivity index (χ2n) is 5.02. The van der Waals surface area contributed by atoms with Crippen LogP contribution in [0.25, 0.3) is 0 Å². The zero-order valence-electron chi connectivity index (χ0n) is 13.7. The number of hydrogen-bond acceptors (Lipinski definition) is 4. The van der Waals surface area contributed by atoms with E-state index in [0.717, 1.165) is 5.56 Å². The van der Waals surface area contributed by atoms with Crippen LogP contribution in [-0.4, -0.2) is 47.6 Å². The highest BCUT2D eigenvalue weighted by Gasteiger charge is 2.37. The molecule has 1 unspecified atom stereocenters. The lowest BCUT2D eigenvalue weighted by molar-refractivity contribution is 0.121. The molecule has 0 aromatic heterocycles. The van der Waals surface area contributed by atoms with E-state index in [0.29, 0.717) is 19.0 Å². The summed E-state index contributed by atoms with van der Waals surface area (Å²) in [6.45, 7) is 2.49. The average Bonchev–Trinajstić information content (AvgIpc) is 2.56. The van der Waals surface area contributed by atoms with Gasteiger partial charge in [-0.3, -0.25) is 0 Å². The Morgan fingerprint density at radius 3 is 2.18 bits per heavy atom. The Balaban J connectivity index is 2.68. The summed E-state index contributed by atoms with van der Waals surface area (Å²) in [5.74, 6) is 0. The molecule has 0 saturated heterocycles. The molecule has 124 valence electrons. The standard InChI is InChI=1S/C15H26N2O4Si/c1-13(14-9-6-5-7-10-14)17(15(16)18)11-8-12-22(19-2,20-3)21-4/h5-7,9-10,13H,8,11-12H2,1-4H3,(H2,16,18). The van der Waals surface area contributed by atoms with Crippen LogP contribution in [0.4, 0.5) is 4.79 Å². The van der Waals surface area contributed by atoms with Crippen molar-refractivity contribution < 1.29 is 18.1 Å². The van der Waals surface area contributed by atoms with Gasteiger partial charge in [0.1, 0.15) is 0 Å². The molecule has 0 bridgehead atoms. The van der Waals surface area contributed by atoms with Gasteiger partial charge in [0.2, 0.25) is 0 Å². The predicted octanol–water partition coefficient (Wildman–Crippen LogP) is 2.40. The van der Waals surface area contributed by atoms with Gasteiger partial charge in [-0.15, -0.1) is 0 Å². The van der Waals surface area contributed by atoms with Gasteiger partial charge in [-0.05, 0) is 18.9 Å². The Labute approximate surface area is 133 Å². The first-order chi connectivity index (χ1) is 10.5. The second kappa shape index (κ2) is 8.89. The summed E-state index contributed by atoms with van der Waals surface area (Å²) in [5.41, 5.74) is 6.58. The summed E-state index contributed by atoms with van der Waals surface area (Å²) in [5, 5.41) is 0. The molecule has 1 rings (SSSR count). The summed E-state index contributed by atoms with van der Waals surface area (Å²) < 4.78 is 16.2. The third-order valence-corrected chi connectivity index (χ3v) is 6.68. The Kier molecular flexibility index (Phi) is 7.53. The fraction of sp³-hybridized carbons (Fsp3) is 0.533. The lowest BCUT2D eigenvalue weighted by Crippen LogP contribution is -2.44. The lowest BCUT2D eigenvalue weighted by atomic mass is 10.1. The maximum atomic E-state index is 11.7. The maximum absolute atomic E-state index is 11.7. The number of amides is 2. The third-order valence-electron chi connectivity index (χ3n) is 3.85. The molecule has 1 aromatic rings. The molecule has 0 radical (unpaired) electrons. The molecule has 0 heterocycles. The summed E-state index contributed by atoms with van der Waals surface area (Å²) in [4.78, 5) is 13.4. The Morgan fingerprint density at radius 2 is 1.73 bits per heavy atom. The molecule has 0 aliphatic carbocycles. The minimum Gasteiger partial charge on any atom is -0.377 e. The van der Waals surface area contributed by atoms with Crippen molar-refractivity contribution in [3.05, 3.63) is 35.9 Å². The SMILES string of the molecule is CO[Si](CCCN(C(N)=O)C(C)c1ccccc1)(OC)OC. The van der Waals surface area contributed by atoms with Gasteiger partial charge >= 0.3 is 14.8 Å². The molecule has 0 saturated carbocycles. The second-order valence-corrected chi connectivity index (χ2v) is 8.11. The van der Waals surface area contributed by atoms with Crippen LogP contribution in [0, 0.1) is 0 Å².